The second kappa shape index (κ2) is 5.02. The van der Waals surface area contributed by atoms with Crippen molar-refractivity contribution < 1.29 is 4.79 Å². The maximum Gasteiger partial charge on any atom is 0.220 e. The molecule has 2 saturated heterocycles. The van der Waals surface area contributed by atoms with Gasteiger partial charge in [-0.15, -0.1) is 0 Å². The van der Waals surface area contributed by atoms with Gasteiger partial charge >= 0.3 is 0 Å². The van der Waals surface area contributed by atoms with E-state index in [-0.39, 0.29) is 5.91 Å². The Morgan fingerprint density at radius 1 is 1.53 bits per heavy atom. The molecule has 1 N–H and O–H groups in total. The minimum atomic E-state index is 0.180. The van der Waals surface area contributed by atoms with Crippen molar-refractivity contribution in [3.63, 3.8) is 0 Å². The maximum absolute atomic E-state index is 11.3. The summed E-state index contributed by atoms with van der Waals surface area (Å²) in [6.45, 7) is 2.81. The summed E-state index contributed by atoms with van der Waals surface area (Å²) in [5, 5.41) is 16.0. The normalized spacial score (nSPS) is 24.6. The SMILES string of the molecule is N#Cc1cnn(C2CN(CC3CCCC(=O)N3)C2)c1. The number of aromatic nitrogens is 2. The van der Waals surface area contributed by atoms with Gasteiger partial charge in [0.1, 0.15) is 6.07 Å². The van der Waals surface area contributed by atoms with Gasteiger partial charge in [-0.2, -0.15) is 10.4 Å². The molecule has 1 aromatic rings. The average molecular weight is 259 g/mol. The molecule has 3 heterocycles. The molecular weight excluding hydrogens is 242 g/mol. The van der Waals surface area contributed by atoms with Gasteiger partial charge in [0, 0.05) is 38.3 Å². The number of piperidine rings is 1. The highest BCUT2D eigenvalue weighted by atomic mass is 16.1. The lowest BCUT2D eigenvalue weighted by atomic mass is 10.0. The molecule has 0 aromatic carbocycles. The van der Waals surface area contributed by atoms with Crippen LogP contribution in [0, 0.1) is 11.3 Å². The summed E-state index contributed by atoms with van der Waals surface area (Å²) in [6.07, 6.45) is 6.14. The number of amides is 1. The molecule has 0 saturated carbocycles. The van der Waals surface area contributed by atoms with Crippen molar-refractivity contribution >= 4 is 5.91 Å². The fraction of sp³-hybridized carbons (Fsp3) is 0.615. The van der Waals surface area contributed by atoms with Crippen LogP contribution in [-0.2, 0) is 4.79 Å². The summed E-state index contributed by atoms with van der Waals surface area (Å²) in [6, 6.07) is 2.75. The largest absolute Gasteiger partial charge is 0.352 e. The molecule has 0 aliphatic carbocycles. The predicted molar refractivity (Wildman–Crippen MR) is 68.2 cm³/mol. The van der Waals surface area contributed by atoms with Gasteiger partial charge < -0.3 is 5.32 Å². The quantitative estimate of drug-likeness (QED) is 0.846. The van der Waals surface area contributed by atoms with E-state index >= 15 is 0 Å². The summed E-state index contributed by atoms with van der Waals surface area (Å²) in [7, 11) is 0. The Labute approximate surface area is 112 Å². The molecule has 2 fully saturated rings. The number of rotatable bonds is 3. The van der Waals surface area contributed by atoms with Crippen LogP contribution in [0.3, 0.4) is 0 Å². The van der Waals surface area contributed by atoms with Crippen molar-refractivity contribution in [3.8, 4) is 6.07 Å². The Hall–Kier alpha value is -1.87. The molecule has 2 aliphatic heterocycles. The molecule has 1 aromatic heterocycles. The van der Waals surface area contributed by atoms with E-state index in [0.29, 0.717) is 24.1 Å². The lowest BCUT2D eigenvalue weighted by Gasteiger charge is -2.41. The standard InChI is InChI=1S/C13H17N5O/c14-4-10-5-15-18(6-10)12-8-17(9-12)7-11-2-1-3-13(19)16-11/h5-6,11-12H,1-3,7-9H2,(H,16,19). The number of hydrogen-bond acceptors (Lipinski definition) is 4. The Morgan fingerprint density at radius 3 is 3.05 bits per heavy atom. The molecule has 1 amide bonds. The molecule has 6 heteroatoms. The van der Waals surface area contributed by atoms with Crippen molar-refractivity contribution in [1.29, 1.82) is 5.26 Å². The van der Waals surface area contributed by atoms with Gasteiger partial charge in [0.15, 0.2) is 0 Å². The summed E-state index contributed by atoms with van der Waals surface area (Å²) in [5.74, 6) is 0.180. The number of carbonyl (C=O) groups is 1. The van der Waals surface area contributed by atoms with Crippen LogP contribution in [0.4, 0.5) is 0 Å². The van der Waals surface area contributed by atoms with Crippen LogP contribution in [0.1, 0.15) is 30.9 Å². The smallest absolute Gasteiger partial charge is 0.220 e. The molecule has 19 heavy (non-hydrogen) atoms. The number of carbonyl (C=O) groups excluding carboxylic acids is 1. The first-order chi connectivity index (χ1) is 9.24. The van der Waals surface area contributed by atoms with Crippen LogP contribution in [0.25, 0.3) is 0 Å². The fourth-order valence-electron chi connectivity index (χ4n) is 2.78. The molecule has 0 bridgehead atoms. The van der Waals surface area contributed by atoms with Crippen LogP contribution in [0.15, 0.2) is 12.4 Å². The summed E-state index contributed by atoms with van der Waals surface area (Å²) < 4.78 is 1.87. The van der Waals surface area contributed by atoms with Crippen molar-refractivity contribution in [2.45, 2.75) is 31.3 Å². The van der Waals surface area contributed by atoms with E-state index in [4.69, 9.17) is 5.26 Å². The molecule has 1 unspecified atom stereocenters. The van der Waals surface area contributed by atoms with Gasteiger partial charge in [0.05, 0.1) is 17.8 Å². The third kappa shape index (κ3) is 2.61. The third-order valence-corrected chi connectivity index (χ3v) is 3.84. The second-order valence-corrected chi connectivity index (χ2v) is 5.35. The van der Waals surface area contributed by atoms with Gasteiger partial charge in [0.25, 0.3) is 0 Å². The molecule has 6 nitrogen and oxygen atoms in total. The third-order valence-electron chi connectivity index (χ3n) is 3.84. The van der Waals surface area contributed by atoms with Crippen molar-refractivity contribution in [1.82, 2.24) is 20.0 Å². The molecule has 100 valence electrons. The molecule has 0 radical (unpaired) electrons. The topological polar surface area (TPSA) is 74.0 Å². The molecule has 1 atom stereocenters. The van der Waals surface area contributed by atoms with Gasteiger partial charge in [0.2, 0.25) is 5.91 Å². The molecular formula is C13H17N5O. The monoisotopic (exact) mass is 259 g/mol. The van der Waals surface area contributed by atoms with Crippen LogP contribution in [-0.4, -0.2) is 46.3 Å². The second-order valence-electron chi connectivity index (χ2n) is 5.35. The number of nitriles is 1. The van der Waals surface area contributed by atoms with Gasteiger partial charge in [-0.1, -0.05) is 0 Å². The van der Waals surface area contributed by atoms with E-state index < -0.39 is 0 Å². The van der Waals surface area contributed by atoms with Crippen molar-refractivity contribution in [2.24, 2.45) is 0 Å². The first kappa shape index (κ1) is 12.2. The van der Waals surface area contributed by atoms with E-state index in [9.17, 15) is 4.79 Å². The van der Waals surface area contributed by atoms with E-state index in [0.717, 1.165) is 32.5 Å². The van der Waals surface area contributed by atoms with E-state index in [2.05, 4.69) is 21.4 Å². The highest BCUT2D eigenvalue weighted by Gasteiger charge is 2.31. The Kier molecular flexibility index (Phi) is 3.22. The zero-order valence-electron chi connectivity index (χ0n) is 10.7. The Balaban J connectivity index is 1.47. The van der Waals surface area contributed by atoms with Gasteiger partial charge in [-0.3, -0.25) is 14.4 Å². The summed E-state index contributed by atoms with van der Waals surface area (Å²) in [5.41, 5.74) is 0.609. The Morgan fingerprint density at radius 2 is 2.37 bits per heavy atom. The van der Waals surface area contributed by atoms with E-state index in [1.54, 1.807) is 12.4 Å². The van der Waals surface area contributed by atoms with Gasteiger partial charge in [-0.25, -0.2) is 0 Å². The highest BCUT2D eigenvalue weighted by Crippen LogP contribution is 2.22. The van der Waals surface area contributed by atoms with E-state index in [1.807, 2.05) is 4.68 Å². The maximum atomic E-state index is 11.3. The van der Waals surface area contributed by atoms with Crippen molar-refractivity contribution in [2.75, 3.05) is 19.6 Å². The zero-order chi connectivity index (χ0) is 13.2. The van der Waals surface area contributed by atoms with Gasteiger partial charge in [-0.05, 0) is 12.8 Å². The average Bonchev–Trinajstić information content (AvgIpc) is 2.81. The fourth-order valence-corrected chi connectivity index (χ4v) is 2.78. The first-order valence-corrected chi connectivity index (χ1v) is 6.70. The van der Waals surface area contributed by atoms with Crippen LogP contribution in [0.2, 0.25) is 0 Å². The van der Waals surface area contributed by atoms with Crippen LogP contribution in [0.5, 0.6) is 0 Å². The molecule has 0 spiro atoms. The number of nitrogens with one attached hydrogen (secondary N) is 1. The van der Waals surface area contributed by atoms with E-state index in [1.165, 1.54) is 0 Å². The summed E-state index contributed by atoms with van der Waals surface area (Å²) >= 11 is 0. The molecule has 3 rings (SSSR count). The lowest BCUT2D eigenvalue weighted by molar-refractivity contribution is -0.123. The Bertz CT molecular complexity index is 511. The number of nitrogens with zero attached hydrogens (tertiary/aromatic N) is 4. The summed E-state index contributed by atoms with van der Waals surface area (Å²) in [4.78, 5) is 13.6. The lowest BCUT2D eigenvalue weighted by Crippen LogP contribution is -2.54. The highest BCUT2D eigenvalue weighted by molar-refractivity contribution is 5.76. The predicted octanol–water partition coefficient (Wildman–Crippen LogP) is 0.280. The minimum absolute atomic E-state index is 0.180. The van der Waals surface area contributed by atoms with Crippen molar-refractivity contribution in [3.05, 3.63) is 18.0 Å². The zero-order valence-corrected chi connectivity index (χ0v) is 10.7. The van der Waals surface area contributed by atoms with Crippen LogP contribution >= 0.6 is 0 Å². The number of hydrogen-bond donors (Lipinski definition) is 1. The minimum Gasteiger partial charge on any atom is -0.352 e. The number of likely N-dealkylation sites (tertiary alicyclic amines) is 1. The van der Waals surface area contributed by atoms with Crippen LogP contribution < -0.4 is 5.32 Å². The first-order valence-electron chi connectivity index (χ1n) is 6.70. The molecule has 2 aliphatic rings.